The lowest BCUT2D eigenvalue weighted by Gasteiger charge is -2.10. The molecule has 0 atom stereocenters. The molecule has 2 N–H and O–H groups in total. The minimum atomic E-state index is -0.244. The van der Waals surface area contributed by atoms with Crippen LogP contribution in [0.25, 0.3) is 0 Å². The molecular weight excluding hydrogens is 321 g/mol. The van der Waals surface area contributed by atoms with Crippen molar-refractivity contribution in [1.29, 1.82) is 0 Å². The lowest BCUT2D eigenvalue weighted by Crippen LogP contribution is -2.01. The van der Waals surface area contributed by atoms with Crippen LogP contribution in [0.3, 0.4) is 0 Å². The van der Waals surface area contributed by atoms with Crippen LogP contribution in [0.5, 0.6) is 0 Å². The van der Waals surface area contributed by atoms with Gasteiger partial charge in [0.15, 0.2) is 0 Å². The summed E-state index contributed by atoms with van der Waals surface area (Å²) in [4.78, 5) is 0. The summed E-state index contributed by atoms with van der Waals surface area (Å²) in [6.07, 6.45) is 1.64. The first kappa shape index (κ1) is 15.0. The number of anilines is 1. The maximum Gasteiger partial charge on any atom is 0.124 e. The maximum absolute atomic E-state index is 13.0. The van der Waals surface area contributed by atoms with E-state index < -0.39 is 0 Å². The number of halogens is 2. The van der Waals surface area contributed by atoms with Crippen molar-refractivity contribution in [2.75, 3.05) is 11.9 Å². The zero-order valence-corrected chi connectivity index (χ0v) is 12.7. The first-order valence-electron chi connectivity index (χ1n) is 6.56. The van der Waals surface area contributed by atoms with Crippen LogP contribution in [0.4, 0.5) is 10.1 Å². The van der Waals surface area contributed by atoms with Crippen molar-refractivity contribution >= 4 is 21.6 Å². The predicted molar refractivity (Wildman–Crippen MR) is 83.3 cm³/mol. The van der Waals surface area contributed by atoms with E-state index >= 15 is 0 Å². The van der Waals surface area contributed by atoms with Gasteiger partial charge in [-0.2, -0.15) is 0 Å². The van der Waals surface area contributed by atoms with Gasteiger partial charge in [0.1, 0.15) is 5.82 Å². The fraction of sp³-hybridized carbons (Fsp3) is 0.250. The van der Waals surface area contributed by atoms with Crippen LogP contribution in [0.15, 0.2) is 46.9 Å². The van der Waals surface area contributed by atoms with Crippen LogP contribution in [0, 0.1) is 5.82 Å². The average molecular weight is 338 g/mol. The smallest absolute Gasteiger partial charge is 0.124 e. The summed E-state index contributed by atoms with van der Waals surface area (Å²) in [5, 5.41) is 12.2. The fourth-order valence-electron chi connectivity index (χ4n) is 1.98. The lowest BCUT2D eigenvalue weighted by molar-refractivity contribution is 0.288. The van der Waals surface area contributed by atoms with E-state index in [1.807, 2.05) is 12.1 Å². The number of aryl methyl sites for hydroxylation is 1. The molecule has 0 saturated heterocycles. The van der Waals surface area contributed by atoms with Crippen LogP contribution < -0.4 is 5.32 Å². The van der Waals surface area contributed by atoms with Gasteiger partial charge < -0.3 is 10.4 Å². The fourth-order valence-corrected chi connectivity index (χ4v) is 2.47. The Hall–Kier alpha value is -1.39. The third-order valence-electron chi connectivity index (χ3n) is 3.05. The van der Waals surface area contributed by atoms with Crippen molar-refractivity contribution in [3.63, 3.8) is 0 Å². The van der Waals surface area contributed by atoms with Gasteiger partial charge in [-0.25, -0.2) is 4.39 Å². The molecule has 4 heteroatoms. The first-order chi connectivity index (χ1) is 9.69. The molecule has 0 spiro atoms. The Balaban J connectivity index is 1.99. The number of benzene rings is 2. The standard InChI is InChI=1S/C16H17BrFNO/c17-16-10-14(18)7-6-13(16)11-19-15-5-1-3-12(9-15)4-2-8-20/h1,3,5-7,9-10,19-20H,2,4,8,11H2. The van der Waals surface area contributed by atoms with Gasteiger partial charge in [-0.3, -0.25) is 0 Å². The van der Waals surface area contributed by atoms with Crippen molar-refractivity contribution in [3.8, 4) is 0 Å². The van der Waals surface area contributed by atoms with Crippen molar-refractivity contribution in [1.82, 2.24) is 0 Å². The highest BCUT2D eigenvalue weighted by atomic mass is 79.9. The number of aliphatic hydroxyl groups excluding tert-OH is 1. The highest BCUT2D eigenvalue weighted by Gasteiger charge is 2.02. The molecule has 0 heterocycles. The van der Waals surface area contributed by atoms with Crippen LogP contribution in [0.2, 0.25) is 0 Å². The monoisotopic (exact) mass is 337 g/mol. The molecule has 2 nitrogen and oxygen atoms in total. The molecule has 2 aromatic carbocycles. The zero-order chi connectivity index (χ0) is 14.4. The van der Waals surface area contributed by atoms with Gasteiger partial charge in [0.05, 0.1) is 0 Å². The largest absolute Gasteiger partial charge is 0.396 e. The van der Waals surface area contributed by atoms with E-state index in [4.69, 9.17) is 5.11 Å². The van der Waals surface area contributed by atoms with Crippen molar-refractivity contribution in [2.24, 2.45) is 0 Å². The minimum absolute atomic E-state index is 0.209. The summed E-state index contributed by atoms with van der Waals surface area (Å²) < 4.78 is 13.8. The van der Waals surface area contributed by atoms with Gasteiger partial charge >= 0.3 is 0 Å². The summed E-state index contributed by atoms with van der Waals surface area (Å²) in [5.74, 6) is -0.244. The molecule has 0 aromatic heterocycles. The Labute approximate surface area is 126 Å². The molecule has 0 radical (unpaired) electrons. The zero-order valence-electron chi connectivity index (χ0n) is 11.1. The summed E-state index contributed by atoms with van der Waals surface area (Å²) >= 11 is 3.36. The Morgan fingerprint density at radius 2 is 2.00 bits per heavy atom. The van der Waals surface area contributed by atoms with E-state index in [9.17, 15) is 4.39 Å². The van der Waals surface area contributed by atoms with Crippen LogP contribution >= 0.6 is 15.9 Å². The molecule has 20 heavy (non-hydrogen) atoms. The van der Waals surface area contributed by atoms with Gasteiger partial charge in [0.25, 0.3) is 0 Å². The highest BCUT2D eigenvalue weighted by Crippen LogP contribution is 2.20. The van der Waals surface area contributed by atoms with Gasteiger partial charge in [-0.15, -0.1) is 0 Å². The molecule has 106 valence electrons. The molecule has 0 saturated carbocycles. The lowest BCUT2D eigenvalue weighted by atomic mass is 10.1. The quantitative estimate of drug-likeness (QED) is 0.830. The predicted octanol–water partition coefficient (Wildman–Crippen LogP) is 4.13. The van der Waals surface area contributed by atoms with E-state index in [1.165, 1.54) is 17.7 Å². The van der Waals surface area contributed by atoms with E-state index in [0.29, 0.717) is 6.54 Å². The molecule has 0 bridgehead atoms. The van der Waals surface area contributed by atoms with Gasteiger partial charge in [-0.05, 0) is 48.2 Å². The SMILES string of the molecule is OCCCc1cccc(NCc2ccc(F)cc2Br)c1. The van der Waals surface area contributed by atoms with Crippen molar-refractivity contribution in [2.45, 2.75) is 19.4 Å². The van der Waals surface area contributed by atoms with Crippen LogP contribution in [-0.2, 0) is 13.0 Å². The second kappa shape index (κ2) is 7.41. The maximum atomic E-state index is 13.0. The second-order valence-electron chi connectivity index (χ2n) is 4.62. The van der Waals surface area contributed by atoms with E-state index in [0.717, 1.165) is 28.6 Å². The first-order valence-corrected chi connectivity index (χ1v) is 7.36. The number of hydrogen-bond acceptors (Lipinski definition) is 2. The molecule has 0 aliphatic rings. The van der Waals surface area contributed by atoms with E-state index in [-0.39, 0.29) is 12.4 Å². The Morgan fingerprint density at radius 1 is 1.15 bits per heavy atom. The second-order valence-corrected chi connectivity index (χ2v) is 5.47. The number of hydrogen-bond donors (Lipinski definition) is 2. The Bertz CT molecular complexity index is 574. The van der Waals surface area contributed by atoms with Crippen LogP contribution in [0.1, 0.15) is 17.5 Å². The summed E-state index contributed by atoms with van der Waals surface area (Å²) in [5.41, 5.74) is 3.23. The Morgan fingerprint density at radius 3 is 2.75 bits per heavy atom. The van der Waals surface area contributed by atoms with Gasteiger partial charge in [0.2, 0.25) is 0 Å². The van der Waals surface area contributed by atoms with Crippen LogP contribution in [-0.4, -0.2) is 11.7 Å². The van der Waals surface area contributed by atoms with Crippen molar-refractivity contribution in [3.05, 3.63) is 63.9 Å². The topological polar surface area (TPSA) is 32.3 Å². The van der Waals surface area contributed by atoms with Gasteiger partial charge in [0, 0.05) is 23.3 Å². The normalized spacial score (nSPS) is 10.6. The molecule has 2 rings (SSSR count). The number of aliphatic hydroxyl groups is 1. The number of nitrogens with one attached hydrogen (secondary N) is 1. The molecule has 0 amide bonds. The molecular formula is C16H17BrFNO. The van der Waals surface area contributed by atoms with Gasteiger partial charge in [-0.1, -0.05) is 34.1 Å². The van der Waals surface area contributed by atoms with Crippen molar-refractivity contribution < 1.29 is 9.50 Å². The highest BCUT2D eigenvalue weighted by molar-refractivity contribution is 9.10. The summed E-state index contributed by atoms with van der Waals surface area (Å²) in [7, 11) is 0. The number of rotatable bonds is 6. The minimum Gasteiger partial charge on any atom is -0.396 e. The molecule has 0 fully saturated rings. The summed E-state index contributed by atoms with van der Waals surface area (Å²) in [6, 6.07) is 12.8. The van der Waals surface area contributed by atoms with E-state index in [1.54, 1.807) is 6.07 Å². The average Bonchev–Trinajstić information content (AvgIpc) is 2.45. The molecule has 0 aliphatic heterocycles. The van der Waals surface area contributed by atoms with E-state index in [2.05, 4.69) is 33.4 Å². The Kier molecular flexibility index (Phi) is 5.56. The molecule has 2 aromatic rings. The third kappa shape index (κ3) is 4.32. The third-order valence-corrected chi connectivity index (χ3v) is 3.79. The molecule has 0 aliphatic carbocycles. The summed E-state index contributed by atoms with van der Waals surface area (Å²) in [6.45, 7) is 0.838. The molecule has 0 unspecified atom stereocenters.